The Kier molecular flexibility index (Phi) is 26.8. The number of nitrogens with two attached hydrogens (primary N) is 1. The van der Waals surface area contributed by atoms with E-state index in [0.717, 1.165) is 90.4 Å². The molecule has 0 spiro atoms. The highest BCUT2D eigenvalue weighted by Gasteiger charge is 2.56. The number of ketones is 1. The zero-order chi connectivity index (χ0) is 72.7. The molecule has 0 saturated carbocycles. The van der Waals surface area contributed by atoms with Gasteiger partial charge in [-0.25, -0.2) is 4.79 Å². The SMILES string of the molecule is C/C(=C\C(=O)C[C@H]1CCc2cccc3c2N(C1=O)[C@H](C(=O)N[C@@H](CCC(N)=O)[C@@H](C)OCc1ccc(CCCOCCCCCOCCCc2ccc4c(c2)n(C)c(=O)n4C2CCC(=O)NC2=O)cc1)C3)c1ccc(C(F)(F)P(=O)(OCOC(=O)C(C)(C)C)OCOC(=O)C(C)(C)C)cc1. The molecule has 3 aliphatic heterocycles. The Morgan fingerprint density at radius 1 is 0.740 bits per heavy atom. The predicted molar refractivity (Wildman–Crippen MR) is 369 cm³/mol. The summed E-state index contributed by atoms with van der Waals surface area (Å²) >= 11 is 0. The molecule has 4 heterocycles. The summed E-state index contributed by atoms with van der Waals surface area (Å²) in [6.07, 6.45) is 8.15. The highest BCUT2D eigenvalue weighted by molar-refractivity contribution is 7.54. The molecule has 100 heavy (non-hydrogen) atoms. The van der Waals surface area contributed by atoms with Crippen molar-refractivity contribution >= 4 is 77.1 Å². The normalized spacial score (nSPS) is 17.4. The average Bonchev–Trinajstić information content (AvgIpc) is 1.59. The second-order valence-electron chi connectivity index (χ2n) is 28.0. The van der Waals surface area contributed by atoms with Crippen LogP contribution >= 0.6 is 7.60 Å². The van der Waals surface area contributed by atoms with Crippen molar-refractivity contribution in [2.75, 3.05) is 44.9 Å². The van der Waals surface area contributed by atoms with Crippen LogP contribution in [-0.2, 0) is 121 Å². The highest BCUT2D eigenvalue weighted by Crippen LogP contribution is 2.67. The van der Waals surface area contributed by atoms with Gasteiger partial charge in [0, 0.05) is 70.6 Å². The van der Waals surface area contributed by atoms with E-state index in [1.807, 2.05) is 60.7 Å². The van der Waals surface area contributed by atoms with Crippen molar-refractivity contribution in [3.05, 3.63) is 140 Å². The van der Waals surface area contributed by atoms with Crippen molar-refractivity contribution in [1.82, 2.24) is 19.8 Å². The van der Waals surface area contributed by atoms with Crippen molar-refractivity contribution in [1.29, 1.82) is 0 Å². The topological polar surface area (TPSA) is 298 Å². The van der Waals surface area contributed by atoms with Crippen molar-refractivity contribution in [2.24, 2.45) is 29.5 Å². The van der Waals surface area contributed by atoms with Gasteiger partial charge in [0.2, 0.25) is 43.1 Å². The summed E-state index contributed by atoms with van der Waals surface area (Å²) in [5.74, 6) is -5.15. The number of ether oxygens (including phenoxy) is 5. The number of nitrogens with one attached hydrogen (secondary N) is 2. The zero-order valence-corrected chi connectivity index (χ0v) is 59.6. The number of para-hydroxylation sites is 1. The predicted octanol–water partition coefficient (Wildman–Crippen LogP) is 10.7. The second kappa shape index (κ2) is 34.5. The molecule has 0 radical (unpaired) electrons. The van der Waals surface area contributed by atoms with Crippen molar-refractivity contribution in [3.63, 3.8) is 0 Å². The van der Waals surface area contributed by atoms with Crippen molar-refractivity contribution in [2.45, 2.75) is 188 Å². The molecule has 3 aliphatic rings. The number of imidazole rings is 1. The van der Waals surface area contributed by atoms with Crippen molar-refractivity contribution < 1.29 is 84.4 Å². The number of hydrogen-bond donors (Lipinski definition) is 3. The van der Waals surface area contributed by atoms with Gasteiger partial charge in [0.25, 0.3) is 0 Å². The quantitative estimate of drug-likeness (QED) is 0.00838. The maximum atomic E-state index is 16.3. The summed E-state index contributed by atoms with van der Waals surface area (Å²) in [7, 11) is -3.90. The first-order valence-corrected chi connectivity index (χ1v) is 35.8. The maximum Gasteiger partial charge on any atom is 0.410 e. The maximum absolute atomic E-state index is 16.3. The molecule has 5 amide bonds. The van der Waals surface area contributed by atoms with Crippen LogP contribution in [0, 0.1) is 16.7 Å². The lowest BCUT2D eigenvalue weighted by Gasteiger charge is -2.31. The summed E-state index contributed by atoms with van der Waals surface area (Å²) in [5, 5.41) is 5.43. The second-order valence-corrected chi connectivity index (χ2v) is 30.1. The van der Waals surface area contributed by atoms with Crippen LogP contribution in [0.25, 0.3) is 16.6 Å². The van der Waals surface area contributed by atoms with Gasteiger partial charge in [-0.15, -0.1) is 0 Å². The fourth-order valence-electron chi connectivity index (χ4n) is 12.2. The molecular weight excluding hydrogens is 1310 g/mol. The Morgan fingerprint density at radius 3 is 1.94 bits per heavy atom. The van der Waals surface area contributed by atoms with E-state index in [-0.39, 0.29) is 56.7 Å². The van der Waals surface area contributed by atoms with Gasteiger partial charge in [-0.1, -0.05) is 72.8 Å². The third-order valence-corrected chi connectivity index (χ3v) is 20.0. The van der Waals surface area contributed by atoms with E-state index in [9.17, 15) is 47.7 Å². The number of carbonyl (C=O) groups excluding carboxylic acids is 8. The van der Waals surface area contributed by atoms with E-state index in [0.29, 0.717) is 61.6 Å². The minimum atomic E-state index is -5.59. The molecule has 4 N–H and O–H groups in total. The largest absolute Gasteiger partial charge is 0.438 e. The van der Waals surface area contributed by atoms with E-state index in [1.54, 1.807) is 25.5 Å². The van der Waals surface area contributed by atoms with E-state index in [2.05, 4.69) is 10.6 Å². The Bertz CT molecular complexity index is 3870. The minimum absolute atomic E-state index is 0.0384. The number of alkyl halides is 2. The monoisotopic (exact) mass is 1410 g/mol. The van der Waals surface area contributed by atoms with Crippen LogP contribution in [0.2, 0.25) is 0 Å². The smallest absolute Gasteiger partial charge is 0.410 e. The van der Waals surface area contributed by atoms with Crippen LogP contribution in [-0.4, -0.2) is 115 Å². The lowest BCUT2D eigenvalue weighted by molar-refractivity contribution is -0.163. The summed E-state index contributed by atoms with van der Waals surface area (Å²) in [6, 6.07) is 21.6. The third kappa shape index (κ3) is 20.1. The van der Waals surface area contributed by atoms with E-state index in [1.165, 1.54) is 69.2 Å². The Balaban J connectivity index is 0.767. The molecule has 1 unspecified atom stereocenters. The Hall–Kier alpha value is -8.06. The molecule has 0 bridgehead atoms. The first-order valence-electron chi connectivity index (χ1n) is 34.2. The number of allylic oxidation sites excluding steroid dienone is 2. The molecule has 1 fully saturated rings. The van der Waals surface area contributed by atoms with E-state index >= 15 is 8.78 Å². The van der Waals surface area contributed by atoms with Gasteiger partial charge in [-0.05, 0) is 183 Å². The van der Waals surface area contributed by atoms with Crippen LogP contribution in [0.1, 0.15) is 171 Å². The summed E-state index contributed by atoms with van der Waals surface area (Å²) < 4.78 is 87.5. The number of unbranched alkanes of at least 4 members (excludes halogenated alkanes) is 2. The number of aryl methyl sites for hydroxylation is 4. The standard InChI is InChI=1S/C74H95F2N6O17P/c1-47(52-27-29-56(30-28-52)74(75,76)100(92,98-45-96-69(89)72(3,4)5)99-46-97-70(90)73(6,7)8)40-57(83)42-55-26-25-53-18-13-19-54-43-62(82(65(53)54)68(55)88)67(87)78-58(31-34-63(77)84)48(2)95-44-51-22-20-49(21-23-51)16-14-38-93-36-11-10-12-37-94-39-15-17-50-24-32-59-61(41-50)80(9)71(91)81(59)60-33-35-64(85)79-66(60)86/h13,18-24,27-30,32,40-41,48,55,58,60,62H,10-12,14-17,25-26,31,33-39,42-46H2,1-9H3,(H2,77,84)(H,78,87)(H,79,85,86)/b47-40+/t48-,55-,58+,60?,62+/m1/s1. The van der Waals surface area contributed by atoms with Crippen LogP contribution in [0.4, 0.5) is 14.5 Å². The number of imide groups is 1. The number of amides is 5. The molecule has 542 valence electrons. The number of halogens is 2. The van der Waals surface area contributed by atoms with Gasteiger partial charge >= 0.3 is 30.9 Å². The average molecular weight is 1410 g/mol. The van der Waals surface area contributed by atoms with Gasteiger partial charge in [-0.2, -0.15) is 8.78 Å². The molecule has 5 aromatic rings. The number of carbonyl (C=O) groups is 8. The van der Waals surface area contributed by atoms with Gasteiger partial charge in [0.15, 0.2) is 5.78 Å². The molecule has 8 rings (SSSR count). The zero-order valence-electron chi connectivity index (χ0n) is 58.7. The Morgan fingerprint density at radius 2 is 1.33 bits per heavy atom. The number of primary amides is 1. The molecule has 23 nitrogen and oxygen atoms in total. The molecular formula is C74H95F2N6O17P. The Labute approximate surface area is 582 Å². The van der Waals surface area contributed by atoms with Crippen LogP contribution in [0.5, 0.6) is 0 Å². The number of rotatable bonds is 36. The van der Waals surface area contributed by atoms with Crippen molar-refractivity contribution in [3.8, 4) is 0 Å². The van der Waals surface area contributed by atoms with Gasteiger partial charge in [-0.3, -0.25) is 71.3 Å². The summed E-state index contributed by atoms with van der Waals surface area (Å²) in [5.41, 5.74) is 5.52. The van der Waals surface area contributed by atoms with E-state index in [4.69, 9.17) is 38.5 Å². The van der Waals surface area contributed by atoms with Gasteiger partial charge in [0.1, 0.15) is 12.1 Å². The fraction of sp³-hybridized carbons (Fsp3) is 0.527. The molecule has 26 heteroatoms. The van der Waals surface area contributed by atoms with Crippen LogP contribution in [0.15, 0.2) is 95.8 Å². The lowest BCUT2D eigenvalue weighted by atomic mass is 9.92. The van der Waals surface area contributed by atoms with Gasteiger partial charge < -0.3 is 34.7 Å². The number of piperidine rings is 1. The number of aromatic nitrogens is 2. The summed E-state index contributed by atoms with van der Waals surface area (Å²) in [6.45, 7) is 12.9. The van der Waals surface area contributed by atoms with Gasteiger partial charge in [0.05, 0.1) is 46.3 Å². The molecule has 1 aromatic heterocycles. The molecule has 1 saturated heterocycles. The number of nitrogens with zero attached hydrogens (tertiary/aromatic N) is 3. The number of hydrogen-bond acceptors (Lipinski definition) is 17. The number of esters is 2. The third-order valence-electron chi connectivity index (χ3n) is 18.1. The number of benzene rings is 4. The van der Waals surface area contributed by atoms with Crippen LogP contribution in [0.3, 0.4) is 0 Å². The number of fused-ring (bicyclic) bond motifs is 1. The molecule has 5 atom stereocenters. The molecule has 0 aliphatic carbocycles. The first-order chi connectivity index (χ1) is 47.4. The molecule has 4 aromatic carbocycles. The highest BCUT2D eigenvalue weighted by atomic mass is 31.2. The number of anilines is 1. The lowest BCUT2D eigenvalue weighted by Crippen LogP contribution is -2.54. The fourth-order valence-corrected chi connectivity index (χ4v) is 13.5. The van der Waals surface area contributed by atoms with Crippen LogP contribution < -0.4 is 27.0 Å². The first kappa shape index (κ1) is 77.7. The minimum Gasteiger partial charge on any atom is -0.438 e. The summed E-state index contributed by atoms with van der Waals surface area (Å²) in [4.78, 5) is 119. The van der Waals surface area contributed by atoms with E-state index < -0.39 is 115 Å².